The quantitative estimate of drug-likeness (QED) is 0.753. The molecule has 5 nitrogen and oxygen atoms in total. The van der Waals surface area contributed by atoms with Crippen LogP contribution in [-0.4, -0.2) is 16.0 Å². The Labute approximate surface area is 139 Å². The Bertz CT molecular complexity index is 818. The Morgan fingerprint density at radius 3 is 2.58 bits per heavy atom. The Morgan fingerprint density at radius 1 is 1.04 bits per heavy atom. The molecule has 1 aromatic heterocycles. The number of rotatable bonds is 5. The summed E-state index contributed by atoms with van der Waals surface area (Å²) in [6, 6.07) is 19.6. The van der Waals surface area contributed by atoms with Crippen molar-refractivity contribution in [2.24, 2.45) is 0 Å². The molecule has 0 saturated heterocycles. The molecule has 1 heterocycles. The summed E-state index contributed by atoms with van der Waals surface area (Å²) in [5, 5.41) is 11.9. The number of pyridine rings is 1. The molecule has 0 saturated carbocycles. The van der Waals surface area contributed by atoms with Crippen molar-refractivity contribution >= 4 is 11.6 Å². The maximum Gasteiger partial charge on any atom is 0.257 e. The van der Waals surface area contributed by atoms with Gasteiger partial charge in [0.2, 0.25) is 5.88 Å². The second-order valence-corrected chi connectivity index (χ2v) is 5.11. The first kappa shape index (κ1) is 15.7. The van der Waals surface area contributed by atoms with Crippen LogP contribution >= 0.6 is 0 Å². The van der Waals surface area contributed by atoms with Crippen molar-refractivity contribution in [1.82, 2.24) is 4.98 Å². The van der Waals surface area contributed by atoms with Crippen molar-refractivity contribution in [3.05, 3.63) is 84.1 Å². The minimum absolute atomic E-state index is 0.0726. The van der Waals surface area contributed by atoms with Crippen molar-refractivity contribution in [2.75, 3.05) is 5.32 Å². The maximum absolute atomic E-state index is 12.2. The van der Waals surface area contributed by atoms with E-state index in [9.17, 15) is 4.79 Å². The topological polar surface area (TPSA) is 71.5 Å². The molecule has 0 bridgehead atoms. The standard InChI is InChI=1S/C19H16N2O3/c22-13-14-5-4-6-16(11-14)21-19(23)15-9-10-18(20-12-15)24-17-7-2-1-3-8-17/h1-12,22H,13H2,(H,21,23). The van der Waals surface area contributed by atoms with E-state index in [4.69, 9.17) is 9.84 Å². The average molecular weight is 320 g/mol. The van der Waals surface area contributed by atoms with Gasteiger partial charge in [-0.05, 0) is 35.9 Å². The number of anilines is 1. The van der Waals surface area contributed by atoms with Crippen LogP contribution in [-0.2, 0) is 6.61 Å². The summed E-state index contributed by atoms with van der Waals surface area (Å²) in [5.74, 6) is 0.826. The third kappa shape index (κ3) is 3.97. The summed E-state index contributed by atoms with van der Waals surface area (Å²) in [7, 11) is 0. The second kappa shape index (κ2) is 7.39. The Hall–Kier alpha value is -3.18. The van der Waals surface area contributed by atoms with Crippen LogP contribution in [0.3, 0.4) is 0 Å². The molecule has 0 aliphatic carbocycles. The Morgan fingerprint density at radius 2 is 1.88 bits per heavy atom. The van der Waals surface area contributed by atoms with E-state index in [1.54, 1.807) is 36.4 Å². The van der Waals surface area contributed by atoms with Crippen molar-refractivity contribution in [3.8, 4) is 11.6 Å². The van der Waals surface area contributed by atoms with Crippen LogP contribution in [0, 0.1) is 0 Å². The number of carbonyl (C=O) groups is 1. The summed E-state index contributed by atoms with van der Waals surface area (Å²) in [4.78, 5) is 16.4. The number of aromatic nitrogens is 1. The molecule has 3 aromatic rings. The van der Waals surface area contributed by atoms with E-state index < -0.39 is 0 Å². The van der Waals surface area contributed by atoms with E-state index in [0.717, 1.165) is 5.56 Å². The summed E-state index contributed by atoms with van der Waals surface area (Å²) in [6.45, 7) is -0.0726. The Balaban J connectivity index is 1.67. The maximum atomic E-state index is 12.2. The number of aliphatic hydroxyl groups is 1. The van der Waals surface area contributed by atoms with Crippen LogP contribution in [0.15, 0.2) is 72.9 Å². The minimum Gasteiger partial charge on any atom is -0.439 e. The molecular weight excluding hydrogens is 304 g/mol. The average Bonchev–Trinajstić information content (AvgIpc) is 2.63. The SMILES string of the molecule is O=C(Nc1cccc(CO)c1)c1ccc(Oc2ccccc2)nc1. The van der Waals surface area contributed by atoms with Gasteiger partial charge in [-0.1, -0.05) is 30.3 Å². The van der Waals surface area contributed by atoms with Gasteiger partial charge < -0.3 is 15.2 Å². The number of para-hydroxylation sites is 1. The monoisotopic (exact) mass is 320 g/mol. The van der Waals surface area contributed by atoms with Crippen LogP contribution in [0.25, 0.3) is 0 Å². The molecular formula is C19H16N2O3. The Kier molecular flexibility index (Phi) is 4.84. The van der Waals surface area contributed by atoms with E-state index >= 15 is 0 Å². The fraction of sp³-hybridized carbons (Fsp3) is 0.0526. The van der Waals surface area contributed by atoms with E-state index in [2.05, 4.69) is 10.3 Å². The highest BCUT2D eigenvalue weighted by Gasteiger charge is 2.08. The van der Waals surface area contributed by atoms with Gasteiger partial charge in [-0.2, -0.15) is 0 Å². The number of amides is 1. The molecule has 2 N–H and O–H groups in total. The molecule has 3 rings (SSSR count). The number of nitrogens with one attached hydrogen (secondary N) is 1. The largest absolute Gasteiger partial charge is 0.439 e. The lowest BCUT2D eigenvalue weighted by Gasteiger charge is -2.07. The lowest BCUT2D eigenvalue weighted by Crippen LogP contribution is -2.12. The smallest absolute Gasteiger partial charge is 0.257 e. The summed E-state index contributed by atoms with van der Waals surface area (Å²) < 4.78 is 5.59. The number of hydrogen-bond acceptors (Lipinski definition) is 4. The first-order valence-electron chi connectivity index (χ1n) is 7.45. The molecule has 5 heteroatoms. The molecule has 0 radical (unpaired) electrons. The van der Waals surface area contributed by atoms with E-state index in [0.29, 0.717) is 22.9 Å². The zero-order valence-corrected chi connectivity index (χ0v) is 12.8. The minimum atomic E-state index is -0.274. The highest BCUT2D eigenvalue weighted by molar-refractivity contribution is 6.04. The molecule has 120 valence electrons. The molecule has 0 unspecified atom stereocenters. The number of aliphatic hydroxyl groups excluding tert-OH is 1. The summed E-state index contributed by atoms with van der Waals surface area (Å²) >= 11 is 0. The van der Waals surface area contributed by atoms with Gasteiger partial charge in [0.25, 0.3) is 5.91 Å². The third-order valence-electron chi connectivity index (χ3n) is 3.33. The molecule has 0 atom stereocenters. The van der Waals surface area contributed by atoms with Gasteiger partial charge in [-0.25, -0.2) is 4.98 Å². The zero-order chi connectivity index (χ0) is 16.8. The van der Waals surface area contributed by atoms with Crippen molar-refractivity contribution < 1.29 is 14.6 Å². The van der Waals surface area contributed by atoms with Crippen LogP contribution in [0.5, 0.6) is 11.6 Å². The number of ether oxygens (including phenoxy) is 1. The van der Waals surface area contributed by atoms with Crippen LogP contribution < -0.4 is 10.1 Å². The van der Waals surface area contributed by atoms with Crippen molar-refractivity contribution in [2.45, 2.75) is 6.61 Å². The van der Waals surface area contributed by atoms with Gasteiger partial charge in [-0.3, -0.25) is 4.79 Å². The number of nitrogens with zero attached hydrogens (tertiary/aromatic N) is 1. The molecule has 1 amide bonds. The first-order valence-corrected chi connectivity index (χ1v) is 7.45. The molecule has 0 fully saturated rings. The van der Waals surface area contributed by atoms with Crippen LogP contribution in [0.4, 0.5) is 5.69 Å². The first-order chi connectivity index (χ1) is 11.7. The number of carbonyl (C=O) groups excluding carboxylic acids is 1. The fourth-order valence-corrected chi connectivity index (χ4v) is 2.13. The van der Waals surface area contributed by atoms with Gasteiger partial charge in [-0.15, -0.1) is 0 Å². The normalized spacial score (nSPS) is 10.2. The van der Waals surface area contributed by atoms with Crippen molar-refractivity contribution in [3.63, 3.8) is 0 Å². The van der Waals surface area contributed by atoms with E-state index in [1.165, 1.54) is 6.20 Å². The predicted octanol–water partition coefficient (Wildman–Crippen LogP) is 3.62. The third-order valence-corrected chi connectivity index (χ3v) is 3.33. The van der Waals surface area contributed by atoms with Crippen LogP contribution in [0.1, 0.15) is 15.9 Å². The van der Waals surface area contributed by atoms with Crippen LogP contribution in [0.2, 0.25) is 0 Å². The summed E-state index contributed by atoms with van der Waals surface area (Å²) in [5.41, 5.74) is 1.78. The summed E-state index contributed by atoms with van der Waals surface area (Å²) in [6.07, 6.45) is 1.46. The highest BCUT2D eigenvalue weighted by Crippen LogP contribution is 2.19. The van der Waals surface area contributed by atoms with Gasteiger partial charge >= 0.3 is 0 Å². The lowest BCUT2D eigenvalue weighted by atomic mass is 10.2. The lowest BCUT2D eigenvalue weighted by molar-refractivity contribution is 0.102. The molecule has 0 aliphatic heterocycles. The molecule has 2 aromatic carbocycles. The number of hydrogen-bond donors (Lipinski definition) is 2. The van der Waals surface area contributed by atoms with E-state index in [1.807, 2.05) is 30.3 Å². The van der Waals surface area contributed by atoms with Gasteiger partial charge in [0.1, 0.15) is 5.75 Å². The van der Waals surface area contributed by atoms with Gasteiger partial charge in [0.15, 0.2) is 0 Å². The zero-order valence-electron chi connectivity index (χ0n) is 12.8. The van der Waals surface area contributed by atoms with Gasteiger partial charge in [0, 0.05) is 18.0 Å². The molecule has 24 heavy (non-hydrogen) atoms. The molecule has 0 aliphatic rings. The highest BCUT2D eigenvalue weighted by atomic mass is 16.5. The van der Waals surface area contributed by atoms with Crippen molar-refractivity contribution in [1.29, 1.82) is 0 Å². The second-order valence-electron chi connectivity index (χ2n) is 5.11. The van der Waals surface area contributed by atoms with Gasteiger partial charge in [0.05, 0.1) is 12.2 Å². The number of benzene rings is 2. The van der Waals surface area contributed by atoms with E-state index in [-0.39, 0.29) is 12.5 Å². The molecule has 0 spiro atoms. The predicted molar refractivity (Wildman–Crippen MR) is 91.1 cm³/mol. The fourth-order valence-electron chi connectivity index (χ4n) is 2.13.